The summed E-state index contributed by atoms with van der Waals surface area (Å²) >= 11 is 0. The van der Waals surface area contributed by atoms with Gasteiger partial charge in [0.15, 0.2) is 0 Å². The zero-order valence-electron chi connectivity index (χ0n) is 7.94. The first-order valence-corrected chi connectivity index (χ1v) is 4.86. The van der Waals surface area contributed by atoms with Crippen LogP contribution >= 0.6 is 0 Å². The Balaban J connectivity index is 2.35. The first kappa shape index (κ1) is 9.06. The molecule has 1 saturated heterocycles. The third-order valence-electron chi connectivity index (χ3n) is 2.58. The molecule has 0 unspecified atom stereocenters. The summed E-state index contributed by atoms with van der Waals surface area (Å²) in [5, 5.41) is 9.00. The SMILES string of the molecule is O=C(O)c1ccccc1N1CCCC1. The number of aromatic carboxylic acids is 1. The normalized spacial score (nSPS) is 15.9. The number of hydrogen-bond donors (Lipinski definition) is 1. The molecule has 3 nitrogen and oxygen atoms in total. The van der Waals surface area contributed by atoms with Crippen LogP contribution in [0.4, 0.5) is 5.69 Å². The predicted molar refractivity (Wildman–Crippen MR) is 54.8 cm³/mol. The second-order valence-electron chi connectivity index (χ2n) is 3.52. The molecule has 14 heavy (non-hydrogen) atoms. The van der Waals surface area contributed by atoms with Crippen LogP contribution in [-0.4, -0.2) is 24.2 Å². The van der Waals surface area contributed by atoms with E-state index in [1.165, 1.54) is 0 Å². The Labute approximate surface area is 83.0 Å². The van der Waals surface area contributed by atoms with Crippen molar-refractivity contribution < 1.29 is 9.90 Å². The molecule has 0 amide bonds. The molecule has 0 bridgehead atoms. The quantitative estimate of drug-likeness (QED) is 0.777. The van der Waals surface area contributed by atoms with Gasteiger partial charge in [-0.2, -0.15) is 0 Å². The minimum absolute atomic E-state index is 0.411. The lowest BCUT2D eigenvalue weighted by Crippen LogP contribution is -2.20. The van der Waals surface area contributed by atoms with Crippen LogP contribution in [0, 0.1) is 0 Å². The Morgan fingerprint density at radius 1 is 1.21 bits per heavy atom. The Kier molecular flexibility index (Phi) is 2.39. The van der Waals surface area contributed by atoms with Crippen LogP contribution in [0.2, 0.25) is 0 Å². The van der Waals surface area contributed by atoms with E-state index < -0.39 is 5.97 Å². The molecule has 1 heterocycles. The van der Waals surface area contributed by atoms with Crippen molar-refractivity contribution >= 4 is 11.7 Å². The first-order valence-electron chi connectivity index (χ1n) is 4.86. The molecule has 0 radical (unpaired) electrons. The van der Waals surface area contributed by atoms with Crippen LogP contribution in [-0.2, 0) is 0 Å². The maximum absolute atomic E-state index is 11.0. The molecule has 1 aliphatic rings. The predicted octanol–water partition coefficient (Wildman–Crippen LogP) is 1.98. The van der Waals surface area contributed by atoms with Crippen molar-refractivity contribution in [1.82, 2.24) is 0 Å². The van der Waals surface area contributed by atoms with Crippen molar-refractivity contribution in [3.8, 4) is 0 Å². The summed E-state index contributed by atoms with van der Waals surface area (Å²) in [6, 6.07) is 7.20. The number of para-hydroxylation sites is 1. The number of hydrogen-bond acceptors (Lipinski definition) is 2. The summed E-state index contributed by atoms with van der Waals surface area (Å²) < 4.78 is 0. The van der Waals surface area contributed by atoms with E-state index >= 15 is 0 Å². The molecular weight excluding hydrogens is 178 g/mol. The Bertz CT molecular complexity index is 343. The average molecular weight is 191 g/mol. The highest BCUT2D eigenvalue weighted by Crippen LogP contribution is 2.24. The van der Waals surface area contributed by atoms with Gasteiger partial charge in [0, 0.05) is 13.1 Å². The third-order valence-corrected chi connectivity index (χ3v) is 2.58. The number of carboxylic acid groups (broad SMARTS) is 1. The maximum atomic E-state index is 11.0. The summed E-state index contributed by atoms with van der Waals surface area (Å²) in [5.74, 6) is -0.840. The zero-order chi connectivity index (χ0) is 9.97. The molecule has 3 heteroatoms. The van der Waals surface area contributed by atoms with Gasteiger partial charge in [-0.25, -0.2) is 4.79 Å². The molecular formula is C11H13NO2. The van der Waals surface area contributed by atoms with Crippen molar-refractivity contribution in [1.29, 1.82) is 0 Å². The Morgan fingerprint density at radius 3 is 2.50 bits per heavy atom. The topological polar surface area (TPSA) is 40.5 Å². The van der Waals surface area contributed by atoms with Crippen molar-refractivity contribution in [2.45, 2.75) is 12.8 Å². The van der Waals surface area contributed by atoms with E-state index in [2.05, 4.69) is 4.90 Å². The Hall–Kier alpha value is -1.51. The fraction of sp³-hybridized carbons (Fsp3) is 0.364. The molecule has 0 spiro atoms. The number of anilines is 1. The molecule has 74 valence electrons. The molecule has 0 aliphatic carbocycles. The molecule has 1 aromatic carbocycles. The van der Waals surface area contributed by atoms with E-state index in [0.717, 1.165) is 31.6 Å². The van der Waals surface area contributed by atoms with Gasteiger partial charge in [-0.05, 0) is 25.0 Å². The fourth-order valence-electron chi connectivity index (χ4n) is 1.89. The lowest BCUT2D eigenvalue weighted by Gasteiger charge is -2.19. The summed E-state index contributed by atoms with van der Waals surface area (Å²) in [6.45, 7) is 1.95. The maximum Gasteiger partial charge on any atom is 0.337 e. The van der Waals surface area contributed by atoms with Gasteiger partial charge in [0.1, 0.15) is 0 Å². The first-order chi connectivity index (χ1) is 6.79. The second-order valence-corrected chi connectivity index (χ2v) is 3.52. The van der Waals surface area contributed by atoms with E-state index in [1.807, 2.05) is 12.1 Å². The van der Waals surface area contributed by atoms with E-state index in [1.54, 1.807) is 12.1 Å². The van der Waals surface area contributed by atoms with Gasteiger partial charge in [-0.15, -0.1) is 0 Å². The fourth-order valence-corrected chi connectivity index (χ4v) is 1.89. The van der Waals surface area contributed by atoms with Gasteiger partial charge in [-0.3, -0.25) is 0 Å². The molecule has 2 rings (SSSR count). The monoisotopic (exact) mass is 191 g/mol. The Morgan fingerprint density at radius 2 is 1.86 bits per heavy atom. The molecule has 1 fully saturated rings. The average Bonchev–Trinajstić information content (AvgIpc) is 2.70. The second kappa shape index (κ2) is 3.70. The zero-order valence-corrected chi connectivity index (χ0v) is 7.94. The van der Waals surface area contributed by atoms with E-state index in [4.69, 9.17) is 5.11 Å². The largest absolute Gasteiger partial charge is 0.478 e. The van der Waals surface area contributed by atoms with Gasteiger partial charge in [-0.1, -0.05) is 12.1 Å². The summed E-state index contributed by atoms with van der Waals surface area (Å²) in [5.41, 5.74) is 1.27. The lowest BCUT2D eigenvalue weighted by atomic mass is 10.1. The van der Waals surface area contributed by atoms with Crippen molar-refractivity contribution in [2.75, 3.05) is 18.0 Å². The number of nitrogens with zero attached hydrogens (tertiary/aromatic N) is 1. The number of benzene rings is 1. The van der Waals surface area contributed by atoms with Gasteiger partial charge in [0.05, 0.1) is 11.3 Å². The third kappa shape index (κ3) is 1.58. The summed E-state index contributed by atoms with van der Waals surface area (Å²) in [7, 11) is 0. The molecule has 1 aliphatic heterocycles. The van der Waals surface area contributed by atoms with Crippen molar-refractivity contribution in [2.24, 2.45) is 0 Å². The minimum Gasteiger partial charge on any atom is -0.478 e. The molecule has 0 saturated carbocycles. The molecule has 1 N–H and O–H groups in total. The van der Waals surface area contributed by atoms with Gasteiger partial charge in [0.25, 0.3) is 0 Å². The van der Waals surface area contributed by atoms with E-state index in [0.29, 0.717) is 5.56 Å². The summed E-state index contributed by atoms with van der Waals surface area (Å²) in [6.07, 6.45) is 2.32. The van der Waals surface area contributed by atoms with Crippen LogP contribution < -0.4 is 4.90 Å². The molecule has 0 aromatic heterocycles. The highest BCUT2D eigenvalue weighted by Gasteiger charge is 2.17. The van der Waals surface area contributed by atoms with Crippen LogP contribution in [0.15, 0.2) is 24.3 Å². The van der Waals surface area contributed by atoms with E-state index in [9.17, 15) is 4.79 Å². The minimum atomic E-state index is -0.840. The highest BCUT2D eigenvalue weighted by molar-refractivity contribution is 5.94. The smallest absolute Gasteiger partial charge is 0.337 e. The van der Waals surface area contributed by atoms with Crippen LogP contribution in [0.5, 0.6) is 0 Å². The van der Waals surface area contributed by atoms with Crippen molar-refractivity contribution in [3.63, 3.8) is 0 Å². The van der Waals surface area contributed by atoms with Gasteiger partial charge in [0.2, 0.25) is 0 Å². The van der Waals surface area contributed by atoms with Crippen LogP contribution in [0.25, 0.3) is 0 Å². The lowest BCUT2D eigenvalue weighted by molar-refractivity contribution is 0.0697. The van der Waals surface area contributed by atoms with Gasteiger partial charge >= 0.3 is 5.97 Å². The van der Waals surface area contributed by atoms with E-state index in [-0.39, 0.29) is 0 Å². The standard InChI is InChI=1S/C11H13NO2/c13-11(14)9-5-1-2-6-10(9)12-7-3-4-8-12/h1-2,5-6H,3-4,7-8H2,(H,13,14). The number of carboxylic acids is 1. The molecule has 1 aromatic rings. The number of rotatable bonds is 2. The summed E-state index contributed by atoms with van der Waals surface area (Å²) in [4.78, 5) is 13.1. The number of carbonyl (C=O) groups is 1. The molecule has 0 atom stereocenters. The van der Waals surface area contributed by atoms with Crippen LogP contribution in [0.3, 0.4) is 0 Å². The van der Waals surface area contributed by atoms with Gasteiger partial charge < -0.3 is 10.0 Å². The van der Waals surface area contributed by atoms with Crippen molar-refractivity contribution in [3.05, 3.63) is 29.8 Å². The highest BCUT2D eigenvalue weighted by atomic mass is 16.4. The van der Waals surface area contributed by atoms with Crippen LogP contribution in [0.1, 0.15) is 23.2 Å².